The SMILES string of the molecule is Cc1ccc(-n2ncc(C(=O)Nc3ccc(C4(C#N)CCC(N5CCOCC5)CC4)nc3)c2C)cc1.Cl. The van der Waals surface area contributed by atoms with Crippen LogP contribution in [0.2, 0.25) is 0 Å². The molecule has 1 saturated carbocycles. The number of hydrogen-bond donors (Lipinski definition) is 1. The van der Waals surface area contributed by atoms with Crippen molar-refractivity contribution in [2.45, 2.75) is 51.0 Å². The first-order valence-electron chi connectivity index (χ1n) is 12.6. The van der Waals surface area contributed by atoms with E-state index in [2.05, 4.69) is 26.4 Å². The Balaban J connectivity index is 0.00000320. The van der Waals surface area contributed by atoms with Crippen molar-refractivity contribution in [2.24, 2.45) is 0 Å². The van der Waals surface area contributed by atoms with Gasteiger partial charge in [-0.2, -0.15) is 10.4 Å². The maximum absolute atomic E-state index is 13.0. The van der Waals surface area contributed by atoms with Crippen LogP contribution in [0.4, 0.5) is 5.69 Å². The van der Waals surface area contributed by atoms with Crippen LogP contribution in [0, 0.1) is 25.2 Å². The van der Waals surface area contributed by atoms with E-state index in [0.29, 0.717) is 17.3 Å². The Labute approximate surface area is 224 Å². The zero-order chi connectivity index (χ0) is 25.1. The van der Waals surface area contributed by atoms with Crippen molar-refractivity contribution < 1.29 is 9.53 Å². The fourth-order valence-corrected chi connectivity index (χ4v) is 5.36. The van der Waals surface area contributed by atoms with Gasteiger partial charge in [0.05, 0.1) is 65.4 Å². The number of carbonyl (C=O) groups is 1. The standard InChI is InChI=1S/C28H32N6O2.ClH/c1-20-3-6-24(7-4-20)34-21(2)25(18-31-34)27(35)32-22-5-8-26(30-17-22)28(19-29)11-9-23(10-12-28)33-13-15-36-16-14-33;/h3-8,17-18,23H,9-16H2,1-2H3,(H,32,35);1H. The van der Waals surface area contributed by atoms with E-state index in [4.69, 9.17) is 4.74 Å². The van der Waals surface area contributed by atoms with E-state index in [9.17, 15) is 10.1 Å². The number of pyridine rings is 1. The molecule has 0 bridgehead atoms. The topological polar surface area (TPSA) is 96.1 Å². The third-order valence-corrected chi connectivity index (χ3v) is 7.63. The smallest absolute Gasteiger partial charge is 0.259 e. The van der Waals surface area contributed by atoms with E-state index in [1.165, 1.54) is 5.56 Å². The Morgan fingerprint density at radius 1 is 1.08 bits per heavy atom. The molecule has 0 unspecified atom stereocenters. The van der Waals surface area contributed by atoms with Gasteiger partial charge in [0.1, 0.15) is 0 Å². The van der Waals surface area contributed by atoms with Gasteiger partial charge < -0.3 is 10.1 Å². The van der Waals surface area contributed by atoms with Crippen LogP contribution >= 0.6 is 12.4 Å². The van der Waals surface area contributed by atoms with Gasteiger partial charge in [-0.25, -0.2) is 4.68 Å². The van der Waals surface area contributed by atoms with E-state index in [-0.39, 0.29) is 18.3 Å². The summed E-state index contributed by atoms with van der Waals surface area (Å²) in [6.07, 6.45) is 6.79. The van der Waals surface area contributed by atoms with Gasteiger partial charge >= 0.3 is 0 Å². The van der Waals surface area contributed by atoms with Crippen molar-refractivity contribution in [3.63, 3.8) is 0 Å². The van der Waals surface area contributed by atoms with Gasteiger partial charge in [-0.05, 0) is 63.8 Å². The maximum atomic E-state index is 13.0. The number of anilines is 1. The van der Waals surface area contributed by atoms with E-state index in [1.807, 2.05) is 50.2 Å². The molecule has 3 heterocycles. The molecule has 3 aromatic rings. The predicted molar refractivity (Wildman–Crippen MR) is 144 cm³/mol. The molecule has 194 valence electrons. The van der Waals surface area contributed by atoms with Crippen molar-refractivity contribution >= 4 is 24.0 Å². The largest absolute Gasteiger partial charge is 0.379 e. The number of hydrogen-bond acceptors (Lipinski definition) is 6. The lowest BCUT2D eigenvalue weighted by Gasteiger charge is -2.41. The minimum absolute atomic E-state index is 0. The quantitative estimate of drug-likeness (QED) is 0.528. The van der Waals surface area contributed by atoms with Gasteiger partial charge in [0.25, 0.3) is 5.91 Å². The third-order valence-electron chi connectivity index (χ3n) is 7.63. The molecular formula is C28H33ClN6O2. The lowest BCUT2D eigenvalue weighted by Crippen LogP contribution is -2.47. The number of benzene rings is 1. The highest BCUT2D eigenvalue weighted by Gasteiger charge is 2.40. The normalized spacial score (nSPS) is 22.0. The number of morpholine rings is 1. The Morgan fingerprint density at radius 2 is 1.78 bits per heavy atom. The minimum atomic E-state index is -0.572. The fraction of sp³-hybridized carbons (Fsp3) is 0.429. The second-order valence-corrected chi connectivity index (χ2v) is 9.85. The zero-order valence-electron chi connectivity index (χ0n) is 21.3. The predicted octanol–water partition coefficient (Wildman–Crippen LogP) is 4.59. The van der Waals surface area contributed by atoms with Crippen molar-refractivity contribution in [2.75, 3.05) is 31.6 Å². The van der Waals surface area contributed by atoms with Crippen LogP contribution in [0.25, 0.3) is 5.69 Å². The summed E-state index contributed by atoms with van der Waals surface area (Å²) in [5.74, 6) is -0.235. The minimum Gasteiger partial charge on any atom is -0.379 e. The number of rotatable bonds is 5. The monoisotopic (exact) mass is 520 g/mol. The molecule has 2 aliphatic rings. The van der Waals surface area contributed by atoms with Gasteiger partial charge in [0.15, 0.2) is 0 Å². The summed E-state index contributed by atoms with van der Waals surface area (Å²) in [6.45, 7) is 7.45. The number of aromatic nitrogens is 3. The Bertz CT molecular complexity index is 1250. The van der Waals surface area contributed by atoms with Crippen LogP contribution in [0.1, 0.15) is 53.0 Å². The summed E-state index contributed by atoms with van der Waals surface area (Å²) < 4.78 is 7.25. The van der Waals surface area contributed by atoms with Crippen LogP contribution in [0.5, 0.6) is 0 Å². The zero-order valence-corrected chi connectivity index (χ0v) is 22.1. The summed E-state index contributed by atoms with van der Waals surface area (Å²) >= 11 is 0. The Kier molecular flexibility index (Phi) is 8.28. The van der Waals surface area contributed by atoms with E-state index in [1.54, 1.807) is 17.1 Å². The summed E-state index contributed by atoms with van der Waals surface area (Å²) in [5.41, 5.74) is 4.16. The van der Waals surface area contributed by atoms with Crippen LogP contribution in [0.15, 0.2) is 48.8 Å². The van der Waals surface area contributed by atoms with Crippen molar-refractivity contribution in [1.29, 1.82) is 5.26 Å². The number of nitrogens with one attached hydrogen (secondary N) is 1. The molecule has 9 heteroatoms. The first-order chi connectivity index (χ1) is 17.5. The summed E-state index contributed by atoms with van der Waals surface area (Å²) in [4.78, 5) is 20.1. The molecule has 0 spiro atoms. The number of nitrogens with zero attached hydrogens (tertiary/aromatic N) is 5. The van der Waals surface area contributed by atoms with Crippen LogP contribution in [-0.4, -0.2) is 57.9 Å². The van der Waals surface area contributed by atoms with Crippen LogP contribution in [-0.2, 0) is 10.2 Å². The number of carbonyl (C=O) groups excluding carboxylic acids is 1. The van der Waals surface area contributed by atoms with Gasteiger partial charge in [-0.3, -0.25) is 14.7 Å². The average molecular weight is 521 g/mol. The lowest BCUT2D eigenvalue weighted by atomic mass is 9.71. The molecule has 0 radical (unpaired) electrons. The highest BCUT2D eigenvalue weighted by atomic mass is 35.5. The molecule has 5 rings (SSSR count). The van der Waals surface area contributed by atoms with Gasteiger partial charge in [-0.15, -0.1) is 12.4 Å². The van der Waals surface area contributed by atoms with Crippen LogP contribution in [0.3, 0.4) is 0 Å². The van der Waals surface area contributed by atoms with Crippen LogP contribution < -0.4 is 5.32 Å². The number of halogens is 1. The molecule has 1 aliphatic carbocycles. The molecule has 37 heavy (non-hydrogen) atoms. The third kappa shape index (κ3) is 5.54. The number of aryl methyl sites for hydroxylation is 1. The highest BCUT2D eigenvalue weighted by Crippen LogP contribution is 2.40. The fourth-order valence-electron chi connectivity index (χ4n) is 5.36. The molecule has 1 saturated heterocycles. The molecule has 2 aromatic heterocycles. The summed E-state index contributed by atoms with van der Waals surface area (Å²) in [6, 6.07) is 14.8. The lowest BCUT2D eigenvalue weighted by molar-refractivity contribution is 0.00493. The second-order valence-electron chi connectivity index (χ2n) is 9.85. The summed E-state index contributed by atoms with van der Waals surface area (Å²) in [5, 5.41) is 17.4. The number of nitriles is 1. The average Bonchev–Trinajstić information content (AvgIpc) is 3.31. The van der Waals surface area contributed by atoms with Crippen molar-refractivity contribution in [3.8, 4) is 11.8 Å². The number of ether oxygens (including phenoxy) is 1. The van der Waals surface area contributed by atoms with Gasteiger partial charge in [-0.1, -0.05) is 17.7 Å². The molecule has 0 atom stereocenters. The molecule has 1 aliphatic heterocycles. The Morgan fingerprint density at radius 3 is 2.41 bits per heavy atom. The van der Waals surface area contributed by atoms with Crippen molar-refractivity contribution in [1.82, 2.24) is 19.7 Å². The van der Waals surface area contributed by atoms with Crippen molar-refractivity contribution in [3.05, 3.63) is 71.3 Å². The Hall–Kier alpha value is -3.25. The molecule has 2 fully saturated rings. The van der Waals surface area contributed by atoms with Gasteiger partial charge in [0.2, 0.25) is 0 Å². The molecule has 1 aromatic carbocycles. The van der Waals surface area contributed by atoms with E-state index >= 15 is 0 Å². The first-order valence-corrected chi connectivity index (χ1v) is 12.6. The maximum Gasteiger partial charge on any atom is 0.259 e. The van der Waals surface area contributed by atoms with E-state index < -0.39 is 5.41 Å². The summed E-state index contributed by atoms with van der Waals surface area (Å²) in [7, 11) is 0. The second kappa shape index (κ2) is 11.4. The molecule has 1 amide bonds. The highest BCUT2D eigenvalue weighted by molar-refractivity contribution is 6.04. The first kappa shape index (κ1) is 26.8. The van der Waals surface area contributed by atoms with E-state index in [0.717, 1.165) is 69.1 Å². The number of amides is 1. The molecule has 8 nitrogen and oxygen atoms in total. The van der Waals surface area contributed by atoms with Gasteiger partial charge in [0, 0.05) is 19.1 Å². The molecule has 1 N–H and O–H groups in total. The molecular weight excluding hydrogens is 488 g/mol.